The van der Waals surface area contributed by atoms with Crippen molar-refractivity contribution in [2.75, 3.05) is 0 Å². The van der Waals surface area contributed by atoms with E-state index in [-0.39, 0.29) is 4.75 Å². The third-order valence-electron chi connectivity index (χ3n) is 2.89. The van der Waals surface area contributed by atoms with Crippen LogP contribution in [0.5, 0.6) is 0 Å². The summed E-state index contributed by atoms with van der Waals surface area (Å²) in [5.74, 6) is 0. The second-order valence-corrected chi connectivity index (χ2v) is 8.22. The van der Waals surface area contributed by atoms with E-state index in [2.05, 4.69) is 11.3 Å². The molecule has 0 amide bonds. The third-order valence-corrected chi connectivity index (χ3v) is 4.87. The quantitative estimate of drug-likeness (QED) is 0.812. The highest BCUT2D eigenvalue weighted by molar-refractivity contribution is 7.84. The van der Waals surface area contributed by atoms with Crippen molar-refractivity contribution in [3.63, 3.8) is 0 Å². The smallest absolute Gasteiger partial charge is 0.0978 e. The lowest BCUT2D eigenvalue weighted by Crippen LogP contribution is -2.45. The highest BCUT2D eigenvalue weighted by atomic mass is 35.5. The molecule has 2 atom stereocenters. The van der Waals surface area contributed by atoms with Crippen LogP contribution in [-0.2, 0) is 16.5 Å². The molecule has 0 fully saturated rings. The molecule has 0 aromatic heterocycles. The van der Waals surface area contributed by atoms with Crippen LogP contribution in [-0.4, -0.2) is 8.96 Å². The predicted octanol–water partition coefficient (Wildman–Crippen LogP) is 4.18. The lowest BCUT2D eigenvalue weighted by Gasteiger charge is -2.33. The number of nitrogens with one attached hydrogen (secondary N) is 1. The van der Waals surface area contributed by atoms with Gasteiger partial charge in [0.15, 0.2) is 0 Å². The average Bonchev–Trinajstić information content (AvgIpc) is 2.28. The van der Waals surface area contributed by atoms with E-state index in [1.807, 2.05) is 58.0 Å². The number of benzene rings is 1. The molecule has 1 aromatic carbocycles. The Morgan fingerprint density at radius 3 is 2.47 bits per heavy atom. The Balaban J connectivity index is 3.10. The molecule has 4 heteroatoms. The molecule has 0 saturated heterocycles. The van der Waals surface area contributed by atoms with Gasteiger partial charge < -0.3 is 0 Å². The van der Waals surface area contributed by atoms with Gasteiger partial charge in [0.2, 0.25) is 0 Å². The minimum absolute atomic E-state index is 0.318. The molecule has 2 nitrogen and oxygen atoms in total. The van der Waals surface area contributed by atoms with Crippen LogP contribution in [0.3, 0.4) is 0 Å². The molecule has 0 radical (unpaired) electrons. The molecule has 0 aliphatic carbocycles. The fourth-order valence-corrected chi connectivity index (χ4v) is 2.80. The molecule has 19 heavy (non-hydrogen) atoms. The zero-order valence-electron chi connectivity index (χ0n) is 12.0. The average molecular weight is 300 g/mol. The van der Waals surface area contributed by atoms with E-state index in [1.165, 1.54) is 0 Å². The molecule has 1 aromatic rings. The van der Waals surface area contributed by atoms with Crippen LogP contribution < -0.4 is 4.72 Å². The standard InChI is InChI=1S/C15H22ClNOS/c1-6-10-15(5,17-19(18)14(2,3)4)12-8-7-9-13(16)11-12/h6-9,11,17H,1,10H2,2-5H3/t15-,19?/m0/s1. The zero-order valence-corrected chi connectivity index (χ0v) is 13.6. The second-order valence-electron chi connectivity index (χ2n) is 5.82. The van der Waals surface area contributed by atoms with Gasteiger partial charge >= 0.3 is 0 Å². The van der Waals surface area contributed by atoms with Crippen molar-refractivity contribution in [1.29, 1.82) is 0 Å². The van der Waals surface area contributed by atoms with E-state index < -0.39 is 16.5 Å². The zero-order chi connectivity index (χ0) is 14.7. The summed E-state index contributed by atoms with van der Waals surface area (Å²) < 4.78 is 15.2. The van der Waals surface area contributed by atoms with Crippen LogP contribution in [0.1, 0.15) is 39.7 Å². The van der Waals surface area contributed by atoms with E-state index in [0.29, 0.717) is 11.4 Å². The van der Waals surface area contributed by atoms with Crippen molar-refractivity contribution >= 4 is 22.6 Å². The summed E-state index contributed by atoms with van der Waals surface area (Å²) in [6.07, 6.45) is 2.50. The van der Waals surface area contributed by atoms with Crippen LogP contribution in [0.25, 0.3) is 0 Å². The fourth-order valence-electron chi connectivity index (χ4n) is 1.70. The summed E-state index contributed by atoms with van der Waals surface area (Å²) in [6, 6.07) is 7.63. The number of hydrogen-bond donors (Lipinski definition) is 1. The van der Waals surface area contributed by atoms with Crippen molar-refractivity contribution in [1.82, 2.24) is 4.72 Å². The Labute approximate surface area is 123 Å². The van der Waals surface area contributed by atoms with E-state index in [0.717, 1.165) is 5.56 Å². The van der Waals surface area contributed by atoms with Crippen LogP contribution in [0, 0.1) is 0 Å². The SMILES string of the molecule is C=CC[C@](C)(NS(=O)C(C)(C)C)c1cccc(Cl)c1. The van der Waals surface area contributed by atoms with Gasteiger partial charge in [-0.1, -0.05) is 29.8 Å². The molecule has 1 unspecified atom stereocenters. The van der Waals surface area contributed by atoms with Crippen LogP contribution in [0.2, 0.25) is 5.02 Å². The minimum atomic E-state index is -1.16. The highest BCUT2D eigenvalue weighted by Gasteiger charge is 2.31. The minimum Gasteiger partial charge on any atom is -0.242 e. The molecule has 0 aliphatic rings. The van der Waals surface area contributed by atoms with Gasteiger partial charge in [0.1, 0.15) is 0 Å². The Kier molecular flexibility index (Phi) is 5.36. The predicted molar refractivity (Wildman–Crippen MR) is 84.6 cm³/mol. The molecule has 0 bridgehead atoms. The van der Waals surface area contributed by atoms with Gasteiger partial charge in [-0.25, -0.2) is 8.93 Å². The van der Waals surface area contributed by atoms with E-state index in [1.54, 1.807) is 0 Å². The summed E-state index contributed by atoms with van der Waals surface area (Å²) in [6.45, 7) is 11.6. The Morgan fingerprint density at radius 1 is 1.37 bits per heavy atom. The van der Waals surface area contributed by atoms with Crippen molar-refractivity contribution in [2.45, 2.75) is 44.4 Å². The van der Waals surface area contributed by atoms with E-state index in [9.17, 15) is 4.21 Å². The van der Waals surface area contributed by atoms with Gasteiger partial charge in [-0.05, 0) is 51.8 Å². The lowest BCUT2D eigenvalue weighted by molar-refractivity contribution is 0.446. The van der Waals surface area contributed by atoms with Crippen LogP contribution >= 0.6 is 11.6 Å². The van der Waals surface area contributed by atoms with Gasteiger partial charge in [0, 0.05) is 5.02 Å². The molecule has 0 spiro atoms. The van der Waals surface area contributed by atoms with Gasteiger partial charge in [0.05, 0.1) is 21.3 Å². The summed E-state index contributed by atoms with van der Waals surface area (Å²) >= 11 is 6.05. The second kappa shape index (κ2) is 6.21. The molecule has 0 saturated carbocycles. The van der Waals surface area contributed by atoms with Gasteiger partial charge in [-0.15, -0.1) is 6.58 Å². The van der Waals surface area contributed by atoms with Crippen molar-refractivity contribution in [2.24, 2.45) is 0 Å². The summed E-state index contributed by atoms with van der Waals surface area (Å²) in [5.41, 5.74) is 0.572. The van der Waals surface area contributed by atoms with Crippen molar-refractivity contribution in [3.8, 4) is 0 Å². The lowest BCUT2D eigenvalue weighted by atomic mass is 9.90. The van der Waals surface area contributed by atoms with Gasteiger partial charge in [-0.2, -0.15) is 0 Å². The first-order valence-electron chi connectivity index (χ1n) is 6.26. The maximum Gasteiger partial charge on any atom is 0.0978 e. The normalized spacial score (nSPS) is 16.7. The fraction of sp³-hybridized carbons (Fsp3) is 0.467. The number of halogens is 1. The number of hydrogen-bond acceptors (Lipinski definition) is 1. The van der Waals surface area contributed by atoms with E-state index in [4.69, 9.17) is 11.6 Å². The molecule has 1 rings (SSSR count). The highest BCUT2D eigenvalue weighted by Crippen LogP contribution is 2.29. The first-order chi connectivity index (χ1) is 8.69. The number of rotatable bonds is 5. The maximum absolute atomic E-state index is 12.3. The largest absolute Gasteiger partial charge is 0.242 e. The molecule has 0 heterocycles. The van der Waals surface area contributed by atoms with Crippen LogP contribution in [0.4, 0.5) is 0 Å². The Hall–Kier alpha value is -0.640. The van der Waals surface area contributed by atoms with Crippen molar-refractivity contribution < 1.29 is 4.21 Å². The Bertz CT molecular complexity index is 481. The molecule has 0 aliphatic heterocycles. The summed E-state index contributed by atoms with van der Waals surface area (Å²) in [7, 11) is -1.16. The molecule has 1 N–H and O–H groups in total. The summed E-state index contributed by atoms with van der Waals surface area (Å²) in [4.78, 5) is 0. The first kappa shape index (κ1) is 16.4. The van der Waals surface area contributed by atoms with Crippen LogP contribution in [0.15, 0.2) is 36.9 Å². The molecular formula is C15H22ClNOS. The maximum atomic E-state index is 12.3. The Morgan fingerprint density at radius 2 is 2.00 bits per heavy atom. The van der Waals surface area contributed by atoms with Crippen molar-refractivity contribution in [3.05, 3.63) is 47.5 Å². The third kappa shape index (κ3) is 4.44. The summed E-state index contributed by atoms with van der Waals surface area (Å²) in [5, 5.41) is 0.677. The van der Waals surface area contributed by atoms with E-state index >= 15 is 0 Å². The molecule has 106 valence electrons. The molecular weight excluding hydrogens is 278 g/mol. The van der Waals surface area contributed by atoms with Gasteiger partial charge in [-0.3, -0.25) is 0 Å². The topological polar surface area (TPSA) is 29.1 Å². The monoisotopic (exact) mass is 299 g/mol. The first-order valence-corrected chi connectivity index (χ1v) is 7.78. The van der Waals surface area contributed by atoms with Gasteiger partial charge in [0.25, 0.3) is 0 Å².